The normalized spacial score (nSPS) is 14.6. The first-order valence-corrected chi connectivity index (χ1v) is 12.6. The van der Waals surface area contributed by atoms with Gasteiger partial charge >= 0.3 is 37.4 Å². The van der Waals surface area contributed by atoms with Crippen molar-refractivity contribution in [3.8, 4) is 11.5 Å². The number of phenols is 2. The minimum absolute atomic E-state index is 0. The van der Waals surface area contributed by atoms with Gasteiger partial charge in [0.1, 0.15) is 35.5 Å². The molecule has 6 N–H and O–H groups in total. The first kappa shape index (κ1) is 34.8. The van der Waals surface area contributed by atoms with E-state index in [4.69, 9.17) is 15.9 Å². The number of aryl methyl sites for hydroxylation is 1. The van der Waals surface area contributed by atoms with E-state index in [1.54, 1.807) is 55.1 Å². The zero-order valence-corrected chi connectivity index (χ0v) is 25.2. The number of hydrogen-bond acceptors (Lipinski definition) is 7. The summed E-state index contributed by atoms with van der Waals surface area (Å²) in [5.74, 6) is -3.32. The maximum absolute atomic E-state index is 11.5. The number of benzene rings is 2. The fourth-order valence-electron chi connectivity index (χ4n) is 3.88. The molecule has 0 aliphatic carbocycles. The van der Waals surface area contributed by atoms with Gasteiger partial charge in [-0.25, -0.2) is 19.0 Å². The van der Waals surface area contributed by atoms with Crippen molar-refractivity contribution in [2.24, 2.45) is 17.3 Å². The van der Waals surface area contributed by atoms with Crippen LogP contribution in [0.2, 0.25) is 0 Å². The second-order valence-corrected chi connectivity index (χ2v) is 9.25. The van der Waals surface area contributed by atoms with Gasteiger partial charge in [0.2, 0.25) is 0 Å². The topological polar surface area (TPSA) is 209 Å². The number of aromatic nitrogens is 1. The fraction of sp³-hybridized carbons (Fsp3) is 0.133. The molecule has 2 heterocycles. The number of para-hydroxylation sites is 2. The largest absolute Gasteiger partial charge is 2.00 e. The standard InChI is InChI=1S/C18H19N3O6.C12H10N2O2.Ru/c1-20-8-11(17(24)25)5-13(20)4-3-10(16(22)23)6-14(19)15-7-12(18(26)27)9-21(15)2;15-11-7-3-1-5-9(11)13-14-10-6-2-4-8-12(10)16;/h3,5-9,13,19H,4H2,1-2H3,(H,22,23)(H,24,25)(H,26,27);1-8,15-16H;/q;;+2/b10-3+,14-6-;;. The minimum Gasteiger partial charge on any atom is -0.697 e. The number of aromatic hydroxyl groups is 2. The van der Waals surface area contributed by atoms with Crippen molar-refractivity contribution >= 4 is 41.2 Å². The molecule has 0 radical (unpaired) electrons. The van der Waals surface area contributed by atoms with Crippen molar-refractivity contribution in [1.82, 2.24) is 4.57 Å². The second kappa shape index (κ2) is 15.8. The average molecular weight is 689 g/mol. The van der Waals surface area contributed by atoms with Crippen LogP contribution in [0.15, 0.2) is 100 Å². The SMILES string of the molecule is Cn1cc(C(=O)O)cc1/C([NH-])=C/C(=C\CC1C=C(C(=O)O)C=[N+]1C)C(=O)O.Oc1ccccc1N=Nc1ccccc1O.[Ru+2]. The third-order valence-electron chi connectivity index (χ3n) is 6.17. The molecular formula is C30H29N5O8Ru+2. The number of carboxylic acids is 3. The summed E-state index contributed by atoms with van der Waals surface area (Å²) < 4.78 is 3.10. The zero-order chi connectivity index (χ0) is 31.7. The van der Waals surface area contributed by atoms with Crippen LogP contribution in [0, 0.1) is 0 Å². The van der Waals surface area contributed by atoms with E-state index in [0.29, 0.717) is 11.4 Å². The number of carboxylic acid groups (broad SMARTS) is 3. The van der Waals surface area contributed by atoms with E-state index in [9.17, 15) is 29.7 Å². The van der Waals surface area contributed by atoms with Crippen molar-refractivity contribution in [3.05, 3.63) is 107 Å². The minimum atomic E-state index is -1.24. The molecule has 0 saturated carbocycles. The summed E-state index contributed by atoms with van der Waals surface area (Å²) in [5.41, 5.74) is 8.93. The second-order valence-electron chi connectivity index (χ2n) is 9.25. The molecule has 44 heavy (non-hydrogen) atoms. The maximum Gasteiger partial charge on any atom is 2.00 e. The molecule has 1 aliphatic heterocycles. The number of carbonyl (C=O) groups is 3. The maximum atomic E-state index is 11.5. The Morgan fingerprint density at radius 3 is 1.93 bits per heavy atom. The molecule has 0 amide bonds. The number of likely N-dealkylation sites (N-methyl/N-ethyl adjacent to an activating group) is 1. The van der Waals surface area contributed by atoms with Gasteiger partial charge in [0.25, 0.3) is 0 Å². The molecule has 0 saturated heterocycles. The molecule has 1 aliphatic rings. The number of aliphatic carboxylic acids is 2. The van der Waals surface area contributed by atoms with Crippen molar-refractivity contribution < 1.29 is 64.0 Å². The Morgan fingerprint density at radius 1 is 0.955 bits per heavy atom. The van der Waals surface area contributed by atoms with Gasteiger partial charge in [-0.05, 0) is 30.3 Å². The summed E-state index contributed by atoms with van der Waals surface area (Å²) in [6.45, 7) is 0. The molecule has 1 unspecified atom stereocenters. The van der Waals surface area contributed by atoms with E-state index in [2.05, 4.69) is 10.2 Å². The summed E-state index contributed by atoms with van der Waals surface area (Å²) in [4.78, 5) is 33.5. The van der Waals surface area contributed by atoms with E-state index in [-0.39, 0.29) is 71.5 Å². The first-order valence-electron chi connectivity index (χ1n) is 12.6. The Bertz CT molecular complexity index is 1660. The van der Waals surface area contributed by atoms with E-state index in [0.717, 1.165) is 6.08 Å². The van der Waals surface area contributed by atoms with Crippen molar-refractivity contribution in [1.29, 1.82) is 0 Å². The van der Waals surface area contributed by atoms with E-state index in [1.165, 1.54) is 47.3 Å². The van der Waals surface area contributed by atoms with Gasteiger partial charge in [0, 0.05) is 31.4 Å². The third-order valence-corrected chi connectivity index (χ3v) is 6.17. The van der Waals surface area contributed by atoms with Crippen LogP contribution in [0.1, 0.15) is 22.5 Å². The number of azo groups is 1. The van der Waals surface area contributed by atoms with E-state index in [1.807, 2.05) is 0 Å². The van der Waals surface area contributed by atoms with Crippen LogP contribution in [0.25, 0.3) is 11.4 Å². The Morgan fingerprint density at radius 2 is 1.50 bits per heavy atom. The molecule has 4 rings (SSSR count). The summed E-state index contributed by atoms with van der Waals surface area (Å²) in [5, 5.41) is 54.0. The van der Waals surface area contributed by atoms with Crippen LogP contribution >= 0.6 is 0 Å². The number of hydrogen-bond donors (Lipinski definition) is 5. The molecule has 228 valence electrons. The number of nitrogens with one attached hydrogen (secondary N) is 1. The van der Waals surface area contributed by atoms with Gasteiger partial charge in [-0.1, -0.05) is 36.4 Å². The Kier molecular flexibility index (Phi) is 12.5. The van der Waals surface area contributed by atoms with Crippen molar-refractivity contribution in [3.63, 3.8) is 0 Å². The summed E-state index contributed by atoms with van der Waals surface area (Å²) in [7, 11) is 3.25. The molecule has 0 spiro atoms. The summed E-state index contributed by atoms with van der Waals surface area (Å²) >= 11 is 0. The van der Waals surface area contributed by atoms with Gasteiger partial charge in [0.15, 0.2) is 12.3 Å². The Hall–Kier alpha value is -5.36. The van der Waals surface area contributed by atoms with Gasteiger partial charge in [0.05, 0.1) is 11.1 Å². The monoisotopic (exact) mass is 689 g/mol. The Balaban J connectivity index is 0.000000338. The fourth-order valence-corrected chi connectivity index (χ4v) is 3.88. The number of phenolic OH excluding ortho intramolecular Hbond substituents is 2. The van der Waals surface area contributed by atoms with Crippen LogP contribution in [0.4, 0.5) is 11.4 Å². The smallest absolute Gasteiger partial charge is 0.697 e. The predicted molar refractivity (Wildman–Crippen MR) is 157 cm³/mol. The van der Waals surface area contributed by atoms with Crippen molar-refractivity contribution in [2.75, 3.05) is 7.05 Å². The van der Waals surface area contributed by atoms with Gasteiger partial charge in [-0.3, -0.25) is 0 Å². The number of aromatic carboxylic acids is 1. The molecule has 0 fully saturated rings. The predicted octanol–water partition coefficient (Wildman–Crippen LogP) is 5.13. The van der Waals surface area contributed by atoms with Gasteiger partial charge < -0.3 is 35.8 Å². The van der Waals surface area contributed by atoms with Crippen molar-refractivity contribution in [2.45, 2.75) is 12.5 Å². The number of rotatable bonds is 9. The Labute approximate surface area is 264 Å². The first-order chi connectivity index (χ1) is 20.4. The quantitative estimate of drug-likeness (QED) is 0.0667. The van der Waals surface area contributed by atoms with Crippen LogP contribution < -0.4 is 0 Å². The molecule has 3 aromatic rings. The molecular weight excluding hydrogens is 659 g/mol. The van der Waals surface area contributed by atoms with Gasteiger partial charge in [-0.2, -0.15) is 0 Å². The number of nitrogens with zero attached hydrogens (tertiary/aromatic N) is 4. The van der Waals surface area contributed by atoms with E-state index >= 15 is 0 Å². The van der Waals surface area contributed by atoms with Crippen LogP contribution in [0.3, 0.4) is 0 Å². The average Bonchev–Trinajstić information content (AvgIpc) is 3.54. The molecule has 1 aromatic heterocycles. The van der Waals surface area contributed by atoms with Crippen LogP contribution in [-0.2, 0) is 36.1 Å². The molecule has 1 atom stereocenters. The third kappa shape index (κ3) is 9.33. The summed E-state index contributed by atoms with van der Waals surface area (Å²) in [6.07, 6.45) is 7.12. The zero-order valence-electron chi connectivity index (χ0n) is 23.5. The van der Waals surface area contributed by atoms with Crippen LogP contribution in [-0.4, -0.2) is 71.9 Å². The molecule has 14 heteroatoms. The summed E-state index contributed by atoms with van der Waals surface area (Å²) in [6, 6.07) is 14.2. The molecule has 2 aromatic carbocycles. The van der Waals surface area contributed by atoms with Gasteiger partial charge in [-0.15, -0.1) is 15.9 Å². The van der Waals surface area contributed by atoms with E-state index < -0.39 is 17.9 Å². The molecule has 0 bridgehead atoms. The molecule has 13 nitrogen and oxygen atoms in total. The van der Waals surface area contributed by atoms with Crippen LogP contribution in [0.5, 0.6) is 11.5 Å².